The van der Waals surface area contributed by atoms with Crippen LogP contribution in [-0.4, -0.2) is 33.7 Å². The van der Waals surface area contributed by atoms with E-state index in [4.69, 9.17) is 10.5 Å². The minimum absolute atomic E-state index is 0.208. The van der Waals surface area contributed by atoms with Gasteiger partial charge in [0.2, 0.25) is 0 Å². The molecule has 1 fully saturated rings. The molecule has 2 atom stereocenters. The molecule has 2 unspecified atom stereocenters. The van der Waals surface area contributed by atoms with Crippen molar-refractivity contribution in [3.63, 3.8) is 0 Å². The highest BCUT2D eigenvalue weighted by Gasteiger charge is 2.42. The van der Waals surface area contributed by atoms with Gasteiger partial charge in [-0.15, -0.1) is 0 Å². The first-order valence-electron chi connectivity index (χ1n) is 10.5. The second kappa shape index (κ2) is 9.98. The number of likely N-dealkylation sites (tertiary alicyclic amines) is 1. The molecule has 5 nitrogen and oxygen atoms in total. The van der Waals surface area contributed by atoms with Gasteiger partial charge >= 0.3 is 12.3 Å². The Bertz CT molecular complexity index is 700. The van der Waals surface area contributed by atoms with Crippen molar-refractivity contribution in [2.24, 2.45) is 11.7 Å². The third-order valence-corrected chi connectivity index (χ3v) is 4.90. The number of carbonyl (C=O) groups is 1. The fourth-order valence-corrected chi connectivity index (χ4v) is 3.60. The SMILES string of the molecule is CC.CC(C)(C)OC(=O)N1CC(CCC(N)c2cccc(C(F)(F)F)n2)CC1(C)C. The molecule has 30 heavy (non-hydrogen) atoms. The molecule has 0 aliphatic carbocycles. The van der Waals surface area contributed by atoms with Crippen molar-refractivity contribution in [1.29, 1.82) is 0 Å². The zero-order chi connectivity index (χ0) is 23.3. The zero-order valence-corrected chi connectivity index (χ0v) is 19.1. The molecule has 0 radical (unpaired) electrons. The number of rotatable bonds is 4. The van der Waals surface area contributed by atoms with Gasteiger partial charge in [-0.1, -0.05) is 19.9 Å². The minimum Gasteiger partial charge on any atom is -0.444 e. The molecule has 2 heterocycles. The molecular formula is C22H36F3N3O2. The molecule has 8 heteroatoms. The van der Waals surface area contributed by atoms with Crippen molar-refractivity contribution < 1.29 is 22.7 Å². The molecule has 0 aromatic carbocycles. The summed E-state index contributed by atoms with van der Waals surface area (Å²) in [7, 11) is 0. The third-order valence-electron chi connectivity index (χ3n) is 4.90. The smallest absolute Gasteiger partial charge is 0.433 e. The van der Waals surface area contributed by atoms with Gasteiger partial charge in [0.05, 0.1) is 5.69 Å². The number of halogens is 3. The van der Waals surface area contributed by atoms with E-state index in [1.807, 2.05) is 48.5 Å². The third kappa shape index (κ3) is 7.45. The van der Waals surface area contributed by atoms with Gasteiger partial charge in [-0.3, -0.25) is 0 Å². The Morgan fingerprint density at radius 1 is 1.30 bits per heavy atom. The minimum atomic E-state index is -4.49. The maximum absolute atomic E-state index is 12.8. The number of ether oxygens (including phenoxy) is 1. The van der Waals surface area contributed by atoms with E-state index < -0.39 is 23.5 Å². The summed E-state index contributed by atoms with van der Waals surface area (Å²) in [6.07, 6.45) is -2.85. The summed E-state index contributed by atoms with van der Waals surface area (Å²) in [6.45, 7) is 14.0. The molecule has 1 amide bonds. The normalized spacial score (nSPS) is 19.7. The van der Waals surface area contributed by atoms with E-state index in [0.717, 1.165) is 12.5 Å². The monoisotopic (exact) mass is 431 g/mol. The number of nitrogens with two attached hydrogens (primary N) is 1. The lowest BCUT2D eigenvalue weighted by Gasteiger charge is -2.33. The van der Waals surface area contributed by atoms with Crippen LogP contribution >= 0.6 is 0 Å². The van der Waals surface area contributed by atoms with Gasteiger partial charge < -0.3 is 15.4 Å². The van der Waals surface area contributed by atoms with Crippen LogP contribution in [0.15, 0.2) is 18.2 Å². The Balaban J connectivity index is 0.00000218. The molecule has 1 aliphatic rings. The predicted molar refractivity (Wildman–Crippen MR) is 112 cm³/mol. The average Bonchev–Trinajstić information content (AvgIpc) is 2.94. The Morgan fingerprint density at radius 3 is 2.43 bits per heavy atom. The molecule has 1 aromatic heterocycles. The van der Waals surface area contributed by atoms with Gasteiger partial charge in [0.25, 0.3) is 0 Å². The highest BCUT2D eigenvalue weighted by molar-refractivity contribution is 5.69. The van der Waals surface area contributed by atoms with Crippen LogP contribution in [0, 0.1) is 5.92 Å². The summed E-state index contributed by atoms with van der Waals surface area (Å²) < 4.78 is 44.0. The van der Waals surface area contributed by atoms with Crippen LogP contribution in [0.3, 0.4) is 0 Å². The van der Waals surface area contributed by atoms with Crippen molar-refractivity contribution in [2.45, 2.75) is 91.1 Å². The van der Waals surface area contributed by atoms with Crippen LogP contribution in [0.1, 0.15) is 85.2 Å². The molecule has 0 saturated carbocycles. The summed E-state index contributed by atoms with van der Waals surface area (Å²) >= 11 is 0. The molecule has 1 aromatic rings. The molecule has 1 saturated heterocycles. The fourth-order valence-electron chi connectivity index (χ4n) is 3.60. The number of pyridine rings is 1. The van der Waals surface area contributed by atoms with E-state index in [1.54, 1.807) is 4.90 Å². The Kier molecular flexibility index (Phi) is 8.72. The highest BCUT2D eigenvalue weighted by Crippen LogP contribution is 2.37. The van der Waals surface area contributed by atoms with Crippen molar-refractivity contribution in [2.75, 3.05) is 6.54 Å². The van der Waals surface area contributed by atoms with Gasteiger partial charge in [0, 0.05) is 18.1 Å². The predicted octanol–water partition coefficient (Wildman–Crippen LogP) is 5.94. The van der Waals surface area contributed by atoms with Crippen molar-refractivity contribution >= 4 is 6.09 Å². The zero-order valence-electron chi connectivity index (χ0n) is 19.1. The number of alkyl halides is 3. The fraction of sp³-hybridized carbons (Fsp3) is 0.727. The van der Waals surface area contributed by atoms with Gasteiger partial charge in [-0.2, -0.15) is 13.2 Å². The first-order chi connectivity index (χ1) is 13.7. The molecule has 1 aliphatic heterocycles. The number of hydrogen-bond acceptors (Lipinski definition) is 4. The van der Waals surface area contributed by atoms with E-state index in [9.17, 15) is 18.0 Å². The van der Waals surface area contributed by atoms with Gasteiger partial charge in [-0.05, 0) is 71.9 Å². The maximum Gasteiger partial charge on any atom is 0.433 e. The van der Waals surface area contributed by atoms with E-state index >= 15 is 0 Å². The number of aromatic nitrogens is 1. The van der Waals surface area contributed by atoms with Crippen molar-refractivity contribution in [3.8, 4) is 0 Å². The topological polar surface area (TPSA) is 68.5 Å². The highest BCUT2D eigenvalue weighted by atomic mass is 19.4. The molecule has 2 N–H and O–H groups in total. The van der Waals surface area contributed by atoms with Gasteiger partial charge in [0.1, 0.15) is 11.3 Å². The second-order valence-electron chi connectivity index (χ2n) is 9.10. The second-order valence-corrected chi connectivity index (χ2v) is 9.10. The van der Waals surface area contributed by atoms with Gasteiger partial charge in [0.15, 0.2) is 0 Å². The molecule has 0 bridgehead atoms. The standard InChI is InChI=1S/C20H30F3N3O2.C2H6/c1-18(2,3)28-17(27)26-12-13(11-19(26,4)5)9-10-14(24)15-7-6-8-16(25-15)20(21,22)23;1-2/h6-8,13-14H,9-12,24H2,1-5H3;1-2H3. The van der Waals surface area contributed by atoms with E-state index in [0.29, 0.717) is 19.4 Å². The molecular weight excluding hydrogens is 395 g/mol. The first-order valence-corrected chi connectivity index (χ1v) is 10.5. The summed E-state index contributed by atoms with van der Waals surface area (Å²) in [6, 6.07) is 3.20. The average molecular weight is 432 g/mol. The van der Waals surface area contributed by atoms with Crippen molar-refractivity contribution in [1.82, 2.24) is 9.88 Å². The summed E-state index contributed by atoms with van der Waals surface area (Å²) in [5.74, 6) is 0.208. The lowest BCUT2D eigenvalue weighted by Crippen LogP contribution is -2.45. The van der Waals surface area contributed by atoms with Gasteiger partial charge in [-0.25, -0.2) is 9.78 Å². The number of hydrogen-bond donors (Lipinski definition) is 1. The van der Waals surface area contributed by atoms with Crippen LogP contribution in [0.5, 0.6) is 0 Å². The Labute approximate surface area is 178 Å². The van der Waals surface area contributed by atoms with E-state index in [2.05, 4.69) is 4.98 Å². The summed E-state index contributed by atoms with van der Waals surface area (Å²) in [5.41, 5.74) is 4.49. The number of nitrogens with zero attached hydrogens (tertiary/aromatic N) is 2. The first kappa shape index (κ1) is 26.2. The lowest BCUT2D eigenvalue weighted by atomic mass is 9.91. The lowest BCUT2D eigenvalue weighted by molar-refractivity contribution is -0.141. The molecule has 0 spiro atoms. The number of carbonyl (C=O) groups excluding carboxylic acids is 1. The van der Waals surface area contributed by atoms with E-state index in [1.165, 1.54) is 12.1 Å². The summed E-state index contributed by atoms with van der Waals surface area (Å²) in [5, 5.41) is 0. The molecule has 2 rings (SSSR count). The van der Waals surface area contributed by atoms with Crippen LogP contribution < -0.4 is 5.73 Å². The largest absolute Gasteiger partial charge is 0.444 e. The molecule has 172 valence electrons. The quantitative estimate of drug-likeness (QED) is 0.640. The van der Waals surface area contributed by atoms with Crippen LogP contribution in [0.25, 0.3) is 0 Å². The maximum atomic E-state index is 12.8. The van der Waals surface area contributed by atoms with Crippen LogP contribution in [-0.2, 0) is 10.9 Å². The van der Waals surface area contributed by atoms with Crippen molar-refractivity contribution in [3.05, 3.63) is 29.6 Å². The van der Waals surface area contributed by atoms with E-state index in [-0.39, 0.29) is 23.2 Å². The van der Waals surface area contributed by atoms with Crippen LogP contribution in [0.2, 0.25) is 0 Å². The summed E-state index contributed by atoms with van der Waals surface area (Å²) in [4.78, 5) is 17.9. The Morgan fingerprint density at radius 2 is 1.90 bits per heavy atom. The Hall–Kier alpha value is -1.83. The number of amides is 1. The van der Waals surface area contributed by atoms with Crippen LogP contribution in [0.4, 0.5) is 18.0 Å².